The van der Waals surface area contributed by atoms with Crippen molar-refractivity contribution < 1.29 is 9.59 Å². The Hall–Kier alpha value is -3.42. The maximum Gasteiger partial charge on any atom is 0.347 e. The average Bonchev–Trinajstić information content (AvgIpc) is 3.16. The second-order valence-corrected chi connectivity index (χ2v) is 6.20. The van der Waals surface area contributed by atoms with Crippen LogP contribution < -0.4 is 16.7 Å². The number of nitrogens with two attached hydrogens (primary N) is 1. The highest BCUT2D eigenvalue weighted by Crippen LogP contribution is 2.30. The van der Waals surface area contributed by atoms with Gasteiger partial charge in [0.05, 0.1) is 5.56 Å². The summed E-state index contributed by atoms with van der Waals surface area (Å²) in [4.78, 5) is 36.5. The fraction of sp³-hybridized carbons (Fsp3) is 0.176. The molecule has 8 heteroatoms. The minimum absolute atomic E-state index is 0.243. The highest BCUT2D eigenvalue weighted by atomic mass is 16.2. The zero-order chi connectivity index (χ0) is 17.6. The molecule has 3 aromatic rings. The van der Waals surface area contributed by atoms with Crippen LogP contribution in [0.25, 0.3) is 5.65 Å². The van der Waals surface area contributed by atoms with E-state index in [9.17, 15) is 14.4 Å². The van der Waals surface area contributed by atoms with E-state index in [0.717, 1.165) is 11.1 Å². The Kier molecular flexibility index (Phi) is 3.21. The van der Waals surface area contributed by atoms with Crippen molar-refractivity contribution in [2.24, 2.45) is 5.73 Å². The lowest BCUT2D eigenvalue weighted by Gasteiger charge is -2.26. The van der Waals surface area contributed by atoms with Crippen LogP contribution in [0.3, 0.4) is 0 Å². The number of aromatic amines is 1. The number of hydrogen-bond donors (Lipinski definition) is 3. The molecule has 4 rings (SSSR count). The predicted octanol–water partition coefficient (Wildman–Crippen LogP) is -0.225. The summed E-state index contributed by atoms with van der Waals surface area (Å²) < 4.78 is 1.23. The van der Waals surface area contributed by atoms with Crippen LogP contribution in [0, 0.1) is 0 Å². The molecule has 4 N–H and O–H groups in total. The number of rotatable bonds is 3. The van der Waals surface area contributed by atoms with Crippen molar-refractivity contribution in [2.75, 3.05) is 0 Å². The van der Waals surface area contributed by atoms with Crippen molar-refractivity contribution in [3.63, 3.8) is 0 Å². The van der Waals surface area contributed by atoms with Crippen molar-refractivity contribution in [2.45, 2.75) is 18.4 Å². The topological polar surface area (TPSA) is 122 Å². The van der Waals surface area contributed by atoms with E-state index in [1.807, 2.05) is 24.3 Å². The quantitative estimate of drug-likeness (QED) is 0.611. The first-order chi connectivity index (χ1) is 12.0. The molecule has 0 spiro atoms. The molecular formula is C17H15N5O3. The molecule has 0 aliphatic heterocycles. The van der Waals surface area contributed by atoms with Gasteiger partial charge < -0.3 is 11.1 Å². The first kappa shape index (κ1) is 15.1. The molecule has 0 saturated heterocycles. The number of nitrogens with one attached hydrogen (secondary N) is 2. The van der Waals surface area contributed by atoms with Gasteiger partial charge in [0, 0.05) is 19.0 Å². The Morgan fingerprint density at radius 3 is 2.48 bits per heavy atom. The van der Waals surface area contributed by atoms with Gasteiger partial charge in [0.1, 0.15) is 5.54 Å². The van der Waals surface area contributed by atoms with Crippen LogP contribution in [-0.4, -0.2) is 32.0 Å². The Bertz CT molecular complexity index is 1040. The molecule has 1 aromatic carbocycles. The summed E-state index contributed by atoms with van der Waals surface area (Å²) in [6, 6.07) is 10.7. The number of carbonyl (C=O) groups excluding carboxylic acids is 2. The van der Waals surface area contributed by atoms with Crippen LogP contribution in [0.1, 0.15) is 21.5 Å². The lowest BCUT2D eigenvalue weighted by atomic mass is 9.94. The molecule has 0 unspecified atom stereocenters. The third kappa shape index (κ3) is 2.38. The van der Waals surface area contributed by atoms with Gasteiger partial charge in [-0.3, -0.25) is 9.59 Å². The molecule has 0 radical (unpaired) electrons. The number of nitrogens with zero attached hydrogens (tertiary/aromatic N) is 2. The van der Waals surface area contributed by atoms with Gasteiger partial charge >= 0.3 is 5.69 Å². The molecule has 8 nitrogen and oxygen atoms in total. The van der Waals surface area contributed by atoms with E-state index in [1.165, 1.54) is 10.6 Å². The van der Waals surface area contributed by atoms with E-state index in [1.54, 1.807) is 12.1 Å². The summed E-state index contributed by atoms with van der Waals surface area (Å²) in [5, 5.41) is 8.89. The highest BCUT2D eigenvalue weighted by Gasteiger charge is 2.43. The Morgan fingerprint density at radius 2 is 1.84 bits per heavy atom. The normalized spacial score (nSPS) is 15.0. The average molecular weight is 337 g/mol. The van der Waals surface area contributed by atoms with E-state index >= 15 is 0 Å². The van der Waals surface area contributed by atoms with Crippen LogP contribution >= 0.6 is 0 Å². The zero-order valence-electron chi connectivity index (χ0n) is 13.2. The van der Waals surface area contributed by atoms with Gasteiger partial charge in [-0.1, -0.05) is 24.3 Å². The zero-order valence-corrected chi connectivity index (χ0v) is 13.2. The Labute approximate surface area is 141 Å². The smallest absolute Gasteiger partial charge is 0.347 e. The standard InChI is InChI=1S/C17H15N5O3/c18-15(24)17(7-10-3-1-2-4-11(10)8-17)19-14(23)12-5-6-13-20-21-16(25)22(13)9-12/h1-6,9H,7-8H2,(H2,18,24)(H,19,23)(H,21,25). The summed E-state index contributed by atoms with van der Waals surface area (Å²) >= 11 is 0. The molecule has 126 valence electrons. The lowest BCUT2D eigenvalue weighted by Crippen LogP contribution is -2.58. The molecule has 2 amide bonds. The number of fused-ring (bicyclic) bond motifs is 2. The van der Waals surface area contributed by atoms with Crippen LogP contribution in [0.15, 0.2) is 47.4 Å². The largest absolute Gasteiger partial charge is 0.368 e. The Balaban J connectivity index is 1.67. The van der Waals surface area contributed by atoms with E-state index < -0.39 is 23.0 Å². The summed E-state index contributed by atoms with van der Waals surface area (Å²) in [5.41, 5.74) is 6.62. The first-order valence-corrected chi connectivity index (χ1v) is 7.74. The number of amides is 2. The lowest BCUT2D eigenvalue weighted by molar-refractivity contribution is -0.123. The number of hydrogen-bond acceptors (Lipinski definition) is 4. The van der Waals surface area contributed by atoms with Gasteiger partial charge in [0.2, 0.25) is 5.91 Å². The Morgan fingerprint density at radius 1 is 1.16 bits per heavy atom. The summed E-state index contributed by atoms with van der Waals surface area (Å²) in [6.07, 6.45) is 2.07. The second-order valence-electron chi connectivity index (χ2n) is 6.20. The molecule has 0 fully saturated rings. The van der Waals surface area contributed by atoms with E-state index in [4.69, 9.17) is 5.73 Å². The third-order valence-electron chi connectivity index (χ3n) is 4.60. The summed E-state index contributed by atoms with van der Waals surface area (Å²) in [6.45, 7) is 0. The van der Waals surface area contributed by atoms with E-state index in [0.29, 0.717) is 18.5 Å². The predicted molar refractivity (Wildman–Crippen MR) is 89.1 cm³/mol. The summed E-state index contributed by atoms with van der Waals surface area (Å²) in [5.74, 6) is -1.06. The fourth-order valence-electron chi connectivity index (χ4n) is 3.27. The minimum atomic E-state index is -1.17. The molecule has 0 saturated carbocycles. The van der Waals surface area contributed by atoms with E-state index in [-0.39, 0.29) is 5.56 Å². The molecule has 25 heavy (non-hydrogen) atoms. The van der Waals surface area contributed by atoms with Crippen molar-refractivity contribution in [1.29, 1.82) is 0 Å². The van der Waals surface area contributed by atoms with Crippen molar-refractivity contribution in [1.82, 2.24) is 19.9 Å². The summed E-state index contributed by atoms with van der Waals surface area (Å²) in [7, 11) is 0. The number of carbonyl (C=O) groups is 2. The molecule has 0 bridgehead atoms. The van der Waals surface area contributed by atoms with Gasteiger partial charge in [0.15, 0.2) is 5.65 Å². The van der Waals surface area contributed by atoms with Gasteiger partial charge in [-0.25, -0.2) is 14.3 Å². The third-order valence-corrected chi connectivity index (χ3v) is 4.60. The first-order valence-electron chi connectivity index (χ1n) is 7.74. The molecule has 2 aromatic heterocycles. The number of primary amides is 1. The van der Waals surface area contributed by atoms with Gasteiger partial charge in [-0.15, -0.1) is 0 Å². The molecule has 2 heterocycles. The van der Waals surface area contributed by atoms with Gasteiger partial charge in [0.25, 0.3) is 5.91 Å². The van der Waals surface area contributed by atoms with Crippen LogP contribution in [0.2, 0.25) is 0 Å². The number of H-pyrrole nitrogens is 1. The number of benzene rings is 1. The van der Waals surface area contributed by atoms with E-state index in [2.05, 4.69) is 15.5 Å². The molecule has 1 aliphatic rings. The second kappa shape index (κ2) is 5.30. The maximum atomic E-state index is 12.7. The molecule has 1 aliphatic carbocycles. The van der Waals surface area contributed by atoms with Crippen molar-refractivity contribution in [3.05, 3.63) is 69.8 Å². The van der Waals surface area contributed by atoms with Gasteiger partial charge in [-0.05, 0) is 23.3 Å². The van der Waals surface area contributed by atoms with Crippen LogP contribution in [0.5, 0.6) is 0 Å². The van der Waals surface area contributed by atoms with Gasteiger partial charge in [-0.2, -0.15) is 5.10 Å². The maximum absolute atomic E-state index is 12.7. The van der Waals surface area contributed by atoms with Crippen molar-refractivity contribution >= 4 is 17.5 Å². The SMILES string of the molecule is NC(=O)C1(NC(=O)c2ccc3n[nH]c(=O)n3c2)Cc2ccccc2C1. The highest BCUT2D eigenvalue weighted by molar-refractivity contribution is 5.99. The molecular weight excluding hydrogens is 322 g/mol. The van der Waals surface area contributed by atoms with Crippen molar-refractivity contribution in [3.8, 4) is 0 Å². The fourth-order valence-corrected chi connectivity index (χ4v) is 3.27. The monoisotopic (exact) mass is 337 g/mol. The number of pyridine rings is 1. The van der Waals surface area contributed by atoms with Crippen LogP contribution in [-0.2, 0) is 17.6 Å². The molecule has 0 atom stereocenters. The van der Waals surface area contributed by atoms with Crippen LogP contribution in [0.4, 0.5) is 0 Å². The number of aromatic nitrogens is 3. The minimum Gasteiger partial charge on any atom is -0.368 e.